The Hall–Kier alpha value is -0.570. The summed E-state index contributed by atoms with van der Waals surface area (Å²) >= 11 is 5.93. The van der Waals surface area contributed by atoms with Crippen molar-refractivity contribution in [2.75, 3.05) is 6.61 Å². The molecule has 0 amide bonds. The molecule has 0 bridgehead atoms. The summed E-state index contributed by atoms with van der Waals surface area (Å²) in [4.78, 5) is 0. The number of aliphatic hydroxyl groups excluding tert-OH is 1. The van der Waals surface area contributed by atoms with Crippen LogP contribution in [0.5, 0.6) is 0 Å². The first-order valence-electron chi connectivity index (χ1n) is 7.00. The zero-order valence-corrected chi connectivity index (χ0v) is 13.2. The third kappa shape index (κ3) is 5.13. The van der Waals surface area contributed by atoms with E-state index in [1.807, 2.05) is 12.1 Å². The summed E-state index contributed by atoms with van der Waals surface area (Å²) in [6.07, 6.45) is 1.78. The predicted molar refractivity (Wildman–Crippen MR) is 82.6 cm³/mol. The fourth-order valence-corrected chi connectivity index (χ4v) is 2.41. The highest BCUT2D eigenvalue weighted by molar-refractivity contribution is 6.30. The molecule has 0 aliphatic carbocycles. The molecule has 0 radical (unpaired) electrons. The zero-order valence-electron chi connectivity index (χ0n) is 12.4. The van der Waals surface area contributed by atoms with Crippen molar-refractivity contribution in [2.45, 2.75) is 52.6 Å². The van der Waals surface area contributed by atoms with E-state index in [1.165, 1.54) is 5.56 Å². The molecule has 19 heavy (non-hydrogen) atoms. The van der Waals surface area contributed by atoms with Gasteiger partial charge in [0, 0.05) is 23.7 Å². The van der Waals surface area contributed by atoms with E-state index in [0.717, 1.165) is 17.9 Å². The van der Waals surface area contributed by atoms with Gasteiger partial charge in [-0.25, -0.2) is 0 Å². The Balaban J connectivity index is 2.82. The SMILES string of the molecule is CCC(NC(CCO)C(C)(C)C)c1ccc(Cl)cc1. The van der Waals surface area contributed by atoms with Gasteiger partial charge in [-0.15, -0.1) is 0 Å². The fraction of sp³-hybridized carbons (Fsp3) is 0.625. The van der Waals surface area contributed by atoms with Crippen LogP contribution >= 0.6 is 11.6 Å². The van der Waals surface area contributed by atoms with Crippen LogP contribution in [0.4, 0.5) is 0 Å². The Morgan fingerprint density at radius 3 is 2.21 bits per heavy atom. The second-order valence-electron chi connectivity index (χ2n) is 6.11. The van der Waals surface area contributed by atoms with Gasteiger partial charge in [0.2, 0.25) is 0 Å². The van der Waals surface area contributed by atoms with Gasteiger partial charge in [-0.2, -0.15) is 0 Å². The van der Waals surface area contributed by atoms with Crippen molar-refractivity contribution in [1.29, 1.82) is 0 Å². The quantitative estimate of drug-likeness (QED) is 0.821. The third-order valence-electron chi connectivity index (χ3n) is 3.55. The Morgan fingerprint density at radius 2 is 1.79 bits per heavy atom. The van der Waals surface area contributed by atoms with Crippen molar-refractivity contribution in [3.63, 3.8) is 0 Å². The standard InChI is InChI=1S/C16H26ClNO/c1-5-14(12-6-8-13(17)9-7-12)18-15(10-11-19)16(2,3)4/h6-9,14-15,18-19H,5,10-11H2,1-4H3. The van der Waals surface area contributed by atoms with Gasteiger partial charge in [-0.3, -0.25) is 0 Å². The van der Waals surface area contributed by atoms with E-state index in [9.17, 15) is 5.11 Å². The van der Waals surface area contributed by atoms with E-state index in [4.69, 9.17) is 11.6 Å². The summed E-state index contributed by atoms with van der Waals surface area (Å²) in [5.41, 5.74) is 1.38. The molecule has 0 aliphatic rings. The van der Waals surface area contributed by atoms with Crippen molar-refractivity contribution in [2.24, 2.45) is 5.41 Å². The molecular weight excluding hydrogens is 258 g/mol. The molecule has 108 valence electrons. The van der Waals surface area contributed by atoms with Gasteiger partial charge in [-0.1, -0.05) is 51.4 Å². The Kier molecular flexibility index (Phi) is 6.31. The van der Waals surface area contributed by atoms with E-state index in [1.54, 1.807) is 0 Å². The van der Waals surface area contributed by atoms with Crippen LogP contribution in [0.3, 0.4) is 0 Å². The van der Waals surface area contributed by atoms with E-state index >= 15 is 0 Å². The molecule has 0 saturated heterocycles. The van der Waals surface area contributed by atoms with Crippen molar-refractivity contribution in [1.82, 2.24) is 5.32 Å². The van der Waals surface area contributed by atoms with Gasteiger partial charge >= 0.3 is 0 Å². The molecule has 0 fully saturated rings. The second-order valence-corrected chi connectivity index (χ2v) is 6.55. The molecular formula is C16H26ClNO. The summed E-state index contributed by atoms with van der Waals surface area (Å²) in [5, 5.41) is 13.7. The van der Waals surface area contributed by atoms with Gasteiger partial charge in [0.25, 0.3) is 0 Å². The van der Waals surface area contributed by atoms with Crippen LogP contribution in [0.15, 0.2) is 24.3 Å². The second kappa shape index (κ2) is 7.28. The maximum atomic E-state index is 9.24. The smallest absolute Gasteiger partial charge is 0.0446 e. The van der Waals surface area contributed by atoms with Gasteiger partial charge in [0.1, 0.15) is 0 Å². The van der Waals surface area contributed by atoms with E-state index < -0.39 is 0 Å². The minimum Gasteiger partial charge on any atom is -0.396 e. The number of rotatable bonds is 6. The lowest BCUT2D eigenvalue weighted by molar-refractivity contribution is 0.184. The Bertz CT molecular complexity index is 369. The zero-order chi connectivity index (χ0) is 14.5. The van der Waals surface area contributed by atoms with E-state index in [-0.39, 0.29) is 18.1 Å². The normalized spacial score (nSPS) is 15.3. The molecule has 2 N–H and O–H groups in total. The summed E-state index contributed by atoms with van der Waals surface area (Å²) < 4.78 is 0. The highest BCUT2D eigenvalue weighted by atomic mass is 35.5. The van der Waals surface area contributed by atoms with Crippen LogP contribution in [0, 0.1) is 5.41 Å². The van der Waals surface area contributed by atoms with Crippen molar-refractivity contribution in [3.05, 3.63) is 34.9 Å². The maximum absolute atomic E-state index is 9.24. The van der Waals surface area contributed by atoms with Gasteiger partial charge in [0.15, 0.2) is 0 Å². The fourth-order valence-electron chi connectivity index (χ4n) is 2.28. The molecule has 1 aromatic carbocycles. The number of halogens is 1. The summed E-state index contributed by atoms with van der Waals surface area (Å²) in [6.45, 7) is 9.00. The molecule has 0 aliphatic heterocycles. The molecule has 1 rings (SSSR count). The highest BCUT2D eigenvalue weighted by Crippen LogP contribution is 2.27. The molecule has 0 spiro atoms. The van der Waals surface area contributed by atoms with Crippen molar-refractivity contribution >= 4 is 11.6 Å². The molecule has 3 heteroatoms. The average molecular weight is 284 g/mol. The topological polar surface area (TPSA) is 32.3 Å². The number of nitrogens with one attached hydrogen (secondary N) is 1. The van der Waals surface area contributed by atoms with Gasteiger partial charge in [0.05, 0.1) is 0 Å². The van der Waals surface area contributed by atoms with Crippen LogP contribution < -0.4 is 5.32 Å². The van der Waals surface area contributed by atoms with E-state index in [2.05, 4.69) is 45.1 Å². The lowest BCUT2D eigenvalue weighted by Crippen LogP contribution is -2.42. The summed E-state index contributed by atoms with van der Waals surface area (Å²) in [6, 6.07) is 8.59. The first-order valence-corrected chi connectivity index (χ1v) is 7.38. The molecule has 2 nitrogen and oxygen atoms in total. The van der Waals surface area contributed by atoms with Crippen LogP contribution in [-0.4, -0.2) is 17.8 Å². The van der Waals surface area contributed by atoms with Crippen LogP contribution in [0.25, 0.3) is 0 Å². The Labute approximate surface area is 122 Å². The summed E-state index contributed by atoms with van der Waals surface area (Å²) in [5.74, 6) is 0. The van der Waals surface area contributed by atoms with Crippen LogP contribution in [-0.2, 0) is 0 Å². The molecule has 1 aromatic rings. The molecule has 0 saturated carbocycles. The molecule has 0 heterocycles. The number of aliphatic hydroxyl groups is 1. The lowest BCUT2D eigenvalue weighted by atomic mass is 9.84. The van der Waals surface area contributed by atoms with Crippen LogP contribution in [0.2, 0.25) is 5.02 Å². The minimum atomic E-state index is 0.128. The molecule has 2 atom stereocenters. The van der Waals surface area contributed by atoms with Crippen molar-refractivity contribution < 1.29 is 5.11 Å². The van der Waals surface area contributed by atoms with Gasteiger partial charge in [-0.05, 0) is 36.0 Å². The predicted octanol–water partition coefficient (Wildman–Crippen LogP) is 4.18. The average Bonchev–Trinajstić information content (AvgIpc) is 2.34. The first-order chi connectivity index (χ1) is 8.88. The highest BCUT2D eigenvalue weighted by Gasteiger charge is 2.26. The minimum absolute atomic E-state index is 0.128. The summed E-state index contributed by atoms with van der Waals surface area (Å²) in [7, 11) is 0. The Morgan fingerprint density at radius 1 is 1.21 bits per heavy atom. The molecule has 2 unspecified atom stereocenters. The number of benzene rings is 1. The maximum Gasteiger partial charge on any atom is 0.0446 e. The largest absolute Gasteiger partial charge is 0.396 e. The lowest BCUT2D eigenvalue weighted by Gasteiger charge is -2.35. The van der Waals surface area contributed by atoms with E-state index in [0.29, 0.717) is 6.04 Å². The first kappa shape index (κ1) is 16.5. The van der Waals surface area contributed by atoms with Gasteiger partial charge < -0.3 is 10.4 Å². The molecule has 0 aromatic heterocycles. The third-order valence-corrected chi connectivity index (χ3v) is 3.80. The number of hydrogen-bond donors (Lipinski definition) is 2. The monoisotopic (exact) mass is 283 g/mol. The number of hydrogen-bond acceptors (Lipinski definition) is 2. The van der Waals surface area contributed by atoms with Crippen molar-refractivity contribution in [3.8, 4) is 0 Å². The van der Waals surface area contributed by atoms with Crippen LogP contribution in [0.1, 0.15) is 52.1 Å².